The van der Waals surface area contributed by atoms with E-state index in [1.807, 2.05) is 6.07 Å². The molecule has 2 N–H and O–H groups in total. The van der Waals surface area contributed by atoms with Gasteiger partial charge in [-0.05, 0) is 30.3 Å². The predicted octanol–water partition coefficient (Wildman–Crippen LogP) is 3.37. The quantitative estimate of drug-likeness (QED) is 0.841. The molecule has 1 heterocycles. The molecule has 0 saturated heterocycles. The third kappa shape index (κ3) is 4.30. The molecule has 0 fully saturated rings. The van der Waals surface area contributed by atoms with Crippen molar-refractivity contribution < 1.29 is 9.16 Å². The third-order valence-corrected chi connectivity index (χ3v) is 8.18. The molecule has 0 amide bonds. The summed E-state index contributed by atoms with van der Waals surface area (Å²) in [6.07, 6.45) is 1.55. The molecule has 0 aliphatic heterocycles. The number of nitrogens with zero attached hydrogens (tertiary/aromatic N) is 1. The predicted molar refractivity (Wildman–Crippen MR) is 81.5 cm³/mol. The summed E-state index contributed by atoms with van der Waals surface area (Å²) in [5.41, 5.74) is 7.36. The average molecular weight is 282 g/mol. The van der Waals surface area contributed by atoms with Crippen LogP contribution in [-0.2, 0) is 9.16 Å². The molecule has 5 heteroatoms. The van der Waals surface area contributed by atoms with E-state index < -0.39 is 8.32 Å². The van der Waals surface area contributed by atoms with Crippen LogP contribution in [0.3, 0.4) is 0 Å². The lowest BCUT2D eigenvalue weighted by Gasteiger charge is -2.39. The van der Waals surface area contributed by atoms with Gasteiger partial charge in [0.2, 0.25) is 0 Å². The van der Waals surface area contributed by atoms with Crippen LogP contribution >= 0.6 is 0 Å². The van der Waals surface area contributed by atoms with Crippen molar-refractivity contribution in [1.29, 1.82) is 0 Å². The van der Waals surface area contributed by atoms with Crippen LogP contribution < -0.4 is 5.73 Å². The van der Waals surface area contributed by atoms with Crippen molar-refractivity contribution in [3.8, 4) is 0 Å². The van der Waals surface area contributed by atoms with Crippen LogP contribution in [0.2, 0.25) is 18.1 Å². The molecule has 0 aromatic carbocycles. The molecule has 1 rings (SSSR count). The molecule has 0 spiro atoms. The molecule has 19 heavy (non-hydrogen) atoms. The molecule has 1 atom stereocenters. The average Bonchev–Trinajstić information content (AvgIpc) is 2.26. The summed E-state index contributed by atoms with van der Waals surface area (Å²) >= 11 is 0. The molecule has 0 aliphatic rings. The number of pyridine rings is 1. The number of hydrogen-bond acceptors (Lipinski definition) is 4. The van der Waals surface area contributed by atoms with E-state index in [0.717, 1.165) is 5.69 Å². The molecule has 1 aromatic rings. The highest BCUT2D eigenvalue weighted by molar-refractivity contribution is 6.74. The first-order valence-electron chi connectivity index (χ1n) is 6.55. The minimum absolute atomic E-state index is 0.152. The Kier molecular flexibility index (Phi) is 5.12. The minimum Gasteiger partial charge on any atom is -0.406 e. The number of ether oxygens (including phenoxy) is 1. The second-order valence-corrected chi connectivity index (χ2v) is 11.1. The van der Waals surface area contributed by atoms with Crippen LogP contribution in [0.5, 0.6) is 0 Å². The van der Waals surface area contributed by atoms with Gasteiger partial charge in [-0.15, -0.1) is 0 Å². The van der Waals surface area contributed by atoms with Gasteiger partial charge in [-0.2, -0.15) is 0 Å². The van der Waals surface area contributed by atoms with Crippen molar-refractivity contribution in [2.24, 2.45) is 0 Å². The number of aromatic nitrogens is 1. The van der Waals surface area contributed by atoms with Crippen molar-refractivity contribution in [2.45, 2.75) is 45.0 Å². The van der Waals surface area contributed by atoms with Gasteiger partial charge in [0.25, 0.3) is 0 Å². The number of nitrogen functional groups attached to an aromatic ring is 1. The molecule has 4 nitrogen and oxygen atoms in total. The fourth-order valence-electron chi connectivity index (χ4n) is 1.51. The zero-order valence-electron chi connectivity index (χ0n) is 12.9. The zero-order chi connectivity index (χ0) is 14.7. The molecule has 0 bridgehead atoms. The molecular formula is C14H26N2O2Si. The highest BCUT2D eigenvalue weighted by Crippen LogP contribution is 2.39. The molecular weight excluding hydrogens is 256 g/mol. The van der Waals surface area contributed by atoms with Gasteiger partial charge in [0.15, 0.2) is 8.32 Å². The number of anilines is 1. The van der Waals surface area contributed by atoms with Crippen molar-refractivity contribution >= 4 is 14.0 Å². The van der Waals surface area contributed by atoms with Crippen LogP contribution in [0.25, 0.3) is 0 Å². The van der Waals surface area contributed by atoms with Crippen molar-refractivity contribution in [3.63, 3.8) is 0 Å². The second kappa shape index (κ2) is 6.03. The van der Waals surface area contributed by atoms with Crippen molar-refractivity contribution in [2.75, 3.05) is 19.5 Å². The Morgan fingerprint density at radius 3 is 2.47 bits per heavy atom. The smallest absolute Gasteiger partial charge is 0.193 e. The van der Waals surface area contributed by atoms with E-state index in [9.17, 15) is 0 Å². The van der Waals surface area contributed by atoms with Gasteiger partial charge in [-0.3, -0.25) is 4.98 Å². The molecule has 0 saturated carbocycles. The highest BCUT2D eigenvalue weighted by Gasteiger charge is 2.39. The summed E-state index contributed by atoms with van der Waals surface area (Å²) in [5.74, 6) is 0. The summed E-state index contributed by atoms with van der Waals surface area (Å²) in [7, 11) is -0.191. The maximum Gasteiger partial charge on any atom is 0.193 e. The van der Waals surface area contributed by atoms with E-state index in [0.29, 0.717) is 12.3 Å². The normalized spacial score (nSPS) is 14.4. The lowest BCUT2D eigenvalue weighted by atomic mass is 10.2. The van der Waals surface area contributed by atoms with E-state index in [1.54, 1.807) is 19.4 Å². The monoisotopic (exact) mass is 282 g/mol. The van der Waals surface area contributed by atoms with Crippen LogP contribution in [0.1, 0.15) is 32.6 Å². The topological polar surface area (TPSA) is 57.4 Å². The summed E-state index contributed by atoms with van der Waals surface area (Å²) in [6.45, 7) is 11.6. The first kappa shape index (κ1) is 16.1. The largest absolute Gasteiger partial charge is 0.406 e. The summed E-state index contributed by atoms with van der Waals surface area (Å²) in [6, 6.07) is 3.64. The number of nitrogens with two attached hydrogens (primary N) is 1. The Balaban J connectivity index is 2.96. The zero-order valence-corrected chi connectivity index (χ0v) is 13.9. The summed E-state index contributed by atoms with van der Waals surface area (Å²) < 4.78 is 11.7. The lowest BCUT2D eigenvalue weighted by Crippen LogP contribution is -2.42. The fourth-order valence-corrected chi connectivity index (χ4v) is 2.76. The van der Waals surface area contributed by atoms with Gasteiger partial charge in [-0.25, -0.2) is 0 Å². The van der Waals surface area contributed by atoms with Crippen LogP contribution in [0.15, 0.2) is 18.3 Å². The number of rotatable bonds is 5. The van der Waals surface area contributed by atoms with Gasteiger partial charge >= 0.3 is 0 Å². The van der Waals surface area contributed by atoms with Crippen LogP contribution in [0.4, 0.5) is 5.69 Å². The van der Waals surface area contributed by atoms with E-state index in [2.05, 4.69) is 38.8 Å². The van der Waals surface area contributed by atoms with E-state index in [1.165, 1.54) is 0 Å². The Hall–Kier alpha value is -0.913. The third-order valence-electron chi connectivity index (χ3n) is 3.70. The standard InChI is InChI=1S/C14H26N2O2Si/c1-14(2,3)19(5,6)18-13(10-17-4)12-9-11(15)7-8-16-12/h7-9,13H,10H2,1-6H3,(H2,15,16). The molecule has 108 valence electrons. The maximum absolute atomic E-state index is 6.38. The minimum atomic E-state index is -1.87. The van der Waals surface area contributed by atoms with Crippen molar-refractivity contribution in [3.05, 3.63) is 24.0 Å². The van der Waals surface area contributed by atoms with E-state index >= 15 is 0 Å². The maximum atomic E-state index is 6.38. The van der Waals surface area contributed by atoms with Gasteiger partial charge in [0.1, 0.15) is 6.10 Å². The molecule has 0 radical (unpaired) electrons. The first-order chi connectivity index (χ1) is 8.67. The Morgan fingerprint density at radius 1 is 1.37 bits per heavy atom. The van der Waals surface area contributed by atoms with E-state index in [4.69, 9.17) is 14.9 Å². The van der Waals surface area contributed by atoms with E-state index in [-0.39, 0.29) is 11.1 Å². The lowest BCUT2D eigenvalue weighted by molar-refractivity contribution is 0.0689. The first-order valence-corrected chi connectivity index (χ1v) is 9.46. The van der Waals surface area contributed by atoms with Crippen molar-refractivity contribution in [1.82, 2.24) is 4.98 Å². The fraction of sp³-hybridized carbons (Fsp3) is 0.643. The Morgan fingerprint density at radius 2 is 2.00 bits per heavy atom. The Labute approximate surface area is 117 Å². The van der Waals surface area contributed by atoms with Gasteiger partial charge in [-0.1, -0.05) is 20.8 Å². The summed E-state index contributed by atoms with van der Waals surface area (Å²) in [4.78, 5) is 4.36. The van der Waals surface area contributed by atoms with Gasteiger partial charge in [0.05, 0.1) is 12.3 Å². The van der Waals surface area contributed by atoms with Crippen LogP contribution in [-0.4, -0.2) is 27.0 Å². The van der Waals surface area contributed by atoms with Gasteiger partial charge in [0, 0.05) is 19.0 Å². The molecule has 0 aliphatic carbocycles. The van der Waals surface area contributed by atoms with Crippen LogP contribution in [0, 0.1) is 0 Å². The second-order valence-electron chi connectivity index (χ2n) is 6.34. The molecule has 1 aromatic heterocycles. The number of hydrogen-bond donors (Lipinski definition) is 1. The Bertz CT molecular complexity index is 416. The SMILES string of the molecule is COCC(O[Si](C)(C)C(C)(C)C)c1cc(N)ccn1. The highest BCUT2D eigenvalue weighted by atomic mass is 28.4. The number of methoxy groups -OCH3 is 1. The van der Waals surface area contributed by atoms with Gasteiger partial charge < -0.3 is 14.9 Å². The summed E-state index contributed by atoms with van der Waals surface area (Å²) in [5, 5.41) is 0.152. The molecule has 1 unspecified atom stereocenters.